The molecular formula is C19H16ClN3O. The third kappa shape index (κ3) is 2.49. The largest absolute Gasteiger partial charge is 0.322 e. The van der Waals surface area contributed by atoms with Crippen molar-refractivity contribution in [1.29, 1.82) is 0 Å². The van der Waals surface area contributed by atoms with Crippen LogP contribution in [0.25, 0.3) is 10.9 Å². The second-order valence-corrected chi connectivity index (χ2v) is 6.37. The Morgan fingerprint density at radius 1 is 1.17 bits per heavy atom. The van der Waals surface area contributed by atoms with E-state index in [9.17, 15) is 4.79 Å². The molecule has 2 heterocycles. The van der Waals surface area contributed by atoms with Gasteiger partial charge in [-0.1, -0.05) is 41.9 Å². The number of carbonyl (C=O) groups is 1. The predicted octanol–water partition coefficient (Wildman–Crippen LogP) is 4.10. The van der Waals surface area contributed by atoms with Gasteiger partial charge in [-0.15, -0.1) is 0 Å². The molecule has 1 aliphatic heterocycles. The maximum absolute atomic E-state index is 12.2. The molecule has 3 aromatic rings. The summed E-state index contributed by atoms with van der Waals surface area (Å²) in [5.41, 5.74) is 3.14. The van der Waals surface area contributed by atoms with Crippen LogP contribution in [0.5, 0.6) is 0 Å². The Morgan fingerprint density at radius 2 is 1.92 bits per heavy atom. The smallest absolute Gasteiger partial charge is 0.249 e. The first kappa shape index (κ1) is 15.0. The van der Waals surface area contributed by atoms with Gasteiger partial charge in [-0.05, 0) is 30.7 Å². The average Bonchev–Trinajstić information content (AvgIpc) is 2.78. The number of para-hydroxylation sites is 1. The first-order chi connectivity index (χ1) is 11.6. The van der Waals surface area contributed by atoms with Gasteiger partial charge in [0.15, 0.2) is 0 Å². The summed E-state index contributed by atoms with van der Waals surface area (Å²) in [6.45, 7) is 2.44. The van der Waals surface area contributed by atoms with Gasteiger partial charge in [0.25, 0.3) is 0 Å². The van der Waals surface area contributed by atoms with Crippen molar-refractivity contribution in [2.75, 3.05) is 5.32 Å². The van der Waals surface area contributed by atoms with Crippen LogP contribution < -0.4 is 5.32 Å². The molecular weight excluding hydrogens is 322 g/mol. The van der Waals surface area contributed by atoms with E-state index in [0.29, 0.717) is 11.6 Å². The summed E-state index contributed by atoms with van der Waals surface area (Å²) in [5, 5.41) is 4.83. The summed E-state index contributed by atoms with van der Waals surface area (Å²) < 4.78 is 2.12. The fourth-order valence-corrected chi connectivity index (χ4v) is 3.13. The van der Waals surface area contributed by atoms with Crippen LogP contribution in [-0.4, -0.2) is 22.7 Å². The number of carbonyl (C=O) groups excluding carboxylic acids is 1. The van der Waals surface area contributed by atoms with Crippen molar-refractivity contribution >= 4 is 40.4 Å². The van der Waals surface area contributed by atoms with Gasteiger partial charge in [0.1, 0.15) is 11.9 Å². The third-order valence-corrected chi connectivity index (χ3v) is 4.56. The maximum Gasteiger partial charge on any atom is 0.249 e. The molecule has 4 nitrogen and oxygen atoms in total. The zero-order valence-electron chi connectivity index (χ0n) is 13.2. The summed E-state index contributed by atoms with van der Waals surface area (Å²) in [5.74, 6) is 0.703. The molecule has 1 N–H and O–H groups in total. The number of benzene rings is 2. The molecule has 0 saturated carbocycles. The van der Waals surface area contributed by atoms with Gasteiger partial charge in [-0.3, -0.25) is 9.79 Å². The molecule has 0 saturated heterocycles. The third-order valence-electron chi connectivity index (χ3n) is 4.31. The van der Waals surface area contributed by atoms with E-state index in [0.717, 1.165) is 27.8 Å². The highest BCUT2D eigenvalue weighted by Gasteiger charge is 2.23. The Labute approximate surface area is 144 Å². The van der Waals surface area contributed by atoms with Gasteiger partial charge in [-0.2, -0.15) is 0 Å². The van der Waals surface area contributed by atoms with Crippen molar-refractivity contribution in [3.63, 3.8) is 0 Å². The lowest BCUT2D eigenvalue weighted by atomic mass is 10.2. The van der Waals surface area contributed by atoms with E-state index in [-0.39, 0.29) is 11.9 Å². The maximum atomic E-state index is 12.2. The summed E-state index contributed by atoms with van der Waals surface area (Å²) in [7, 11) is 0. The number of nitrogens with zero attached hydrogens (tertiary/aromatic N) is 2. The quantitative estimate of drug-likeness (QED) is 0.751. The van der Waals surface area contributed by atoms with Crippen LogP contribution in [0.2, 0.25) is 5.02 Å². The minimum Gasteiger partial charge on any atom is -0.322 e. The minimum absolute atomic E-state index is 0.0924. The monoisotopic (exact) mass is 337 g/mol. The Kier molecular flexibility index (Phi) is 3.62. The Hall–Kier alpha value is -2.59. The number of aliphatic imine (C=N–C) groups is 1. The zero-order valence-corrected chi connectivity index (χ0v) is 13.9. The molecule has 24 heavy (non-hydrogen) atoms. The van der Waals surface area contributed by atoms with Crippen LogP contribution in [0, 0.1) is 0 Å². The summed E-state index contributed by atoms with van der Waals surface area (Å²) in [6.07, 6.45) is 1.80. The molecule has 2 aromatic carbocycles. The SMILES string of the molecule is CC1N=Cc2c(n(Cc3ccc(Cl)cc3)c3ccccc23)NC1=O. The fraction of sp³-hybridized carbons (Fsp3) is 0.158. The van der Waals surface area contributed by atoms with Crippen LogP contribution in [-0.2, 0) is 11.3 Å². The van der Waals surface area contributed by atoms with Crippen LogP contribution in [0.4, 0.5) is 5.82 Å². The van der Waals surface area contributed by atoms with E-state index >= 15 is 0 Å². The lowest BCUT2D eigenvalue weighted by Crippen LogP contribution is -2.23. The highest BCUT2D eigenvalue weighted by Crippen LogP contribution is 2.31. The molecule has 1 amide bonds. The molecule has 1 aromatic heterocycles. The Bertz CT molecular complexity index is 957. The van der Waals surface area contributed by atoms with Crippen molar-refractivity contribution in [1.82, 2.24) is 4.57 Å². The fourth-order valence-electron chi connectivity index (χ4n) is 3.01. The van der Waals surface area contributed by atoms with E-state index in [4.69, 9.17) is 11.6 Å². The van der Waals surface area contributed by atoms with Gasteiger partial charge in [0, 0.05) is 28.7 Å². The molecule has 0 spiro atoms. The number of hydrogen-bond acceptors (Lipinski definition) is 2. The Balaban J connectivity index is 1.89. The number of hydrogen-bond donors (Lipinski definition) is 1. The van der Waals surface area contributed by atoms with Crippen molar-refractivity contribution < 1.29 is 4.79 Å². The topological polar surface area (TPSA) is 46.4 Å². The van der Waals surface area contributed by atoms with Crippen molar-refractivity contribution in [3.8, 4) is 0 Å². The summed E-state index contributed by atoms with van der Waals surface area (Å²) in [4.78, 5) is 16.6. The second-order valence-electron chi connectivity index (χ2n) is 5.94. The Morgan fingerprint density at radius 3 is 2.71 bits per heavy atom. The molecule has 4 rings (SSSR count). The molecule has 1 aliphatic rings. The lowest BCUT2D eigenvalue weighted by molar-refractivity contribution is -0.116. The molecule has 0 aliphatic carbocycles. The first-order valence-corrected chi connectivity index (χ1v) is 8.21. The van der Waals surface area contributed by atoms with Gasteiger partial charge < -0.3 is 9.88 Å². The molecule has 0 fully saturated rings. The van der Waals surface area contributed by atoms with Crippen LogP contribution in [0.1, 0.15) is 18.1 Å². The molecule has 120 valence electrons. The highest BCUT2D eigenvalue weighted by molar-refractivity contribution is 6.30. The molecule has 1 atom stereocenters. The lowest BCUT2D eigenvalue weighted by Gasteiger charge is -2.13. The number of nitrogens with one attached hydrogen (secondary N) is 1. The second kappa shape index (κ2) is 5.80. The van der Waals surface area contributed by atoms with E-state index < -0.39 is 0 Å². The summed E-state index contributed by atoms with van der Waals surface area (Å²) in [6, 6.07) is 15.5. The first-order valence-electron chi connectivity index (χ1n) is 7.83. The number of halogens is 1. The normalized spacial score (nSPS) is 16.8. The molecule has 0 bridgehead atoms. The zero-order chi connectivity index (χ0) is 16.7. The number of rotatable bonds is 2. The van der Waals surface area contributed by atoms with E-state index in [1.54, 1.807) is 13.1 Å². The molecule has 1 unspecified atom stereocenters. The van der Waals surface area contributed by atoms with Crippen LogP contribution in [0.3, 0.4) is 0 Å². The van der Waals surface area contributed by atoms with E-state index in [1.807, 2.05) is 36.4 Å². The van der Waals surface area contributed by atoms with E-state index in [2.05, 4.69) is 27.0 Å². The summed E-state index contributed by atoms with van der Waals surface area (Å²) >= 11 is 5.98. The number of fused-ring (bicyclic) bond motifs is 3. The van der Waals surface area contributed by atoms with Crippen molar-refractivity contribution in [2.24, 2.45) is 4.99 Å². The highest BCUT2D eigenvalue weighted by atomic mass is 35.5. The number of aromatic nitrogens is 1. The average molecular weight is 338 g/mol. The predicted molar refractivity (Wildman–Crippen MR) is 98.2 cm³/mol. The number of anilines is 1. The number of amides is 1. The molecule has 5 heteroatoms. The molecule has 0 radical (unpaired) electrons. The van der Waals surface area contributed by atoms with Crippen molar-refractivity contribution in [3.05, 3.63) is 64.7 Å². The van der Waals surface area contributed by atoms with Gasteiger partial charge in [0.2, 0.25) is 5.91 Å². The van der Waals surface area contributed by atoms with Crippen LogP contribution >= 0.6 is 11.6 Å². The van der Waals surface area contributed by atoms with E-state index in [1.165, 1.54) is 0 Å². The van der Waals surface area contributed by atoms with Gasteiger partial charge in [0.05, 0.1) is 5.52 Å². The van der Waals surface area contributed by atoms with Crippen LogP contribution in [0.15, 0.2) is 53.5 Å². The van der Waals surface area contributed by atoms with Gasteiger partial charge >= 0.3 is 0 Å². The standard InChI is InChI=1S/C19H16ClN3O/c1-12-19(24)22-18-16(10-21-12)15-4-2-3-5-17(15)23(18)11-13-6-8-14(20)9-7-13/h2-10,12H,11H2,1H3,(H,22,24). The minimum atomic E-state index is -0.389. The van der Waals surface area contributed by atoms with Gasteiger partial charge in [-0.25, -0.2) is 0 Å². The van der Waals surface area contributed by atoms with Crippen molar-refractivity contribution in [2.45, 2.75) is 19.5 Å².